The molecule has 0 rings (SSSR count). The minimum absolute atomic E-state index is 0.701. The maximum absolute atomic E-state index is 5.57. The summed E-state index contributed by atoms with van der Waals surface area (Å²) < 4.78 is 11.0. The second-order valence-electron chi connectivity index (χ2n) is 5.94. The maximum atomic E-state index is 5.57. The number of nitrogens with one attached hydrogen (secondary N) is 1. The van der Waals surface area contributed by atoms with E-state index in [1.165, 1.54) is 0 Å². The fraction of sp³-hybridized carbons (Fsp3) is 0.714. The molecule has 4 nitrogen and oxygen atoms in total. The van der Waals surface area contributed by atoms with Crippen LogP contribution in [0.5, 0.6) is 0 Å². The van der Waals surface area contributed by atoms with Crippen molar-refractivity contribution >= 4 is 0 Å². The lowest BCUT2D eigenvalue weighted by atomic mass is 10.2. The molecule has 0 amide bonds. The third-order valence-corrected chi connectivity index (χ3v) is 3.54. The quantitative estimate of drug-likeness (QED) is 0.273. The van der Waals surface area contributed by atoms with Crippen LogP contribution < -0.4 is 11.1 Å². The lowest BCUT2D eigenvalue weighted by Gasteiger charge is -2.05. The fourth-order valence-electron chi connectivity index (χ4n) is 2.13. The highest BCUT2D eigenvalue weighted by atomic mass is 16.5. The van der Waals surface area contributed by atoms with Gasteiger partial charge in [0.1, 0.15) is 0 Å². The van der Waals surface area contributed by atoms with E-state index in [4.69, 9.17) is 15.2 Å². The maximum Gasteiger partial charge on any atom is 0.0487 e. The van der Waals surface area contributed by atoms with Gasteiger partial charge in [0, 0.05) is 33.0 Å². The molecule has 0 radical (unpaired) electrons. The Hall–Kier alpha value is -0.940. The second kappa shape index (κ2) is 23.1. The molecule has 4 heteroatoms. The first-order chi connectivity index (χ1) is 12.4. The van der Waals surface area contributed by atoms with Crippen molar-refractivity contribution in [1.29, 1.82) is 0 Å². The van der Waals surface area contributed by atoms with Gasteiger partial charge in [-0.2, -0.15) is 0 Å². The molecule has 0 aliphatic heterocycles. The van der Waals surface area contributed by atoms with E-state index in [9.17, 15) is 0 Å². The first-order valence-corrected chi connectivity index (χ1v) is 9.89. The molecular formula is C21H40N2O2. The number of hydrogen-bond donors (Lipinski definition) is 2. The van der Waals surface area contributed by atoms with Crippen LogP contribution in [0.4, 0.5) is 0 Å². The van der Waals surface area contributed by atoms with Crippen molar-refractivity contribution in [3.8, 4) is 0 Å². The van der Waals surface area contributed by atoms with Crippen LogP contribution in [0, 0.1) is 0 Å². The van der Waals surface area contributed by atoms with E-state index in [0.29, 0.717) is 6.54 Å². The predicted molar refractivity (Wildman–Crippen MR) is 109 cm³/mol. The smallest absolute Gasteiger partial charge is 0.0487 e. The molecule has 0 unspecified atom stereocenters. The molecule has 146 valence electrons. The summed E-state index contributed by atoms with van der Waals surface area (Å²) in [6.07, 6.45) is 20.9. The molecule has 0 heterocycles. The Morgan fingerprint density at radius 1 is 0.720 bits per heavy atom. The summed E-state index contributed by atoms with van der Waals surface area (Å²) in [7, 11) is 0. The third-order valence-electron chi connectivity index (χ3n) is 3.54. The molecule has 0 spiro atoms. The van der Waals surface area contributed by atoms with Gasteiger partial charge < -0.3 is 20.5 Å². The lowest BCUT2D eigenvalue weighted by molar-refractivity contribution is 0.0815. The van der Waals surface area contributed by atoms with E-state index in [1.54, 1.807) is 0 Å². The van der Waals surface area contributed by atoms with Crippen molar-refractivity contribution in [3.63, 3.8) is 0 Å². The van der Waals surface area contributed by atoms with Crippen LogP contribution in [0.2, 0.25) is 0 Å². The highest BCUT2D eigenvalue weighted by Crippen LogP contribution is 1.97. The van der Waals surface area contributed by atoms with Crippen LogP contribution in [0.25, 0.3) is 0 Å². The lowest BCUT2D eigenvalue weighted by Crippen LogP contribution is -2.17. The summed E-state index contributed by atoms with van der Waals surface area (Å²) >= 11 is 0. The number of unbranched alkanes of at least 4 members (excludes halogenated alkanes) is 2. The third kappa shape index (κ3) is 23.1. The summed E-state index contributed by atoms with van der Waals surface area (Å²) in [5, 5.41) is 3.41. The molecule has 0 aromatic heterocycles. The van der Waals surface area contributed by atoms with Gasteiger partial charge in [-0.25, -0.2) is 0 Å². The van der Waals surface area contributed by atoms with Crippen molar-refractivity contribution < 1.29 is 9.47 Å². The molecule has 0 bridgehead atoms. The van der Waals surface area contributed by atoms with E-state index < -0.39 is 0 Å². The van der Waals surface area contributed by atoms with Gasteiger partial charge >= 0.3 is 0 Å². The molecule has 0 aromatic rings. The zero-order chi connectivity index (χ0) is 18.3. The van der Waals surface area contributed by atoms with Crippen molar-refractivity contribution in [2.45, 2.75) is 51.9 Å². The monoisotopic (exact) mass is 352 g/mol. The number of nitrogens with two attached hydrogens (primary N) is 1. The molecule has 0 atom stereocenters. The Balaban J connectivity index is 3.12. The molecule has 25 heavy (non-hydrogen) atoms. The van der Waals surface area contributed by atoms with Crippen molar-refractivity contribution in [2.24, 2.45) is 5.73 Å². The van der Waals surface area contributed by atoms with Crippen LogP contribution in [-0.2, 0) is 9.47 Å². The van der Waals surface area contributed by atoms with Crippen LogP contribution in [0.15, 0.2) is 36.5 Å². The standard InChI is InChI=1S/C21H40N2O2/c1-2-3-4-5-6-7-8-9-10-11-16-23-17-13-19-25-21-14-20-24-18-12-15-22/h2-3,6-7,10-11,23H,4-5,8-9,12-22H2,1H3/b3-2+,7-6+,11-10+. The Labute approximate surface area is 155 Å². The molecule has 0 aliphatic rings. The molecular weight excluding hydrogens is 312 g/mol. The second-order valence-corrected chi connectivity index (χ2v) is 5.94. The predicted octanol–water partition coefficient (Wildman–Crippen LogP) is 3.99. The zero-order valence-electron chi connectivity index (χ0n) is 16.3. The number of hydrogen-bond acceptors (Lipinski definition) is 4. The summed E-state index contributed by atoms with van der Waals surface area (Å²) in [5.74, 6) is 0. The summed E-state index contributed by atoms with van der Waals surface area (Å²) in [4.78, 5) is 0. The van der Waals surface area contributed by atoms with Crippen molar-refractivity contribution in [1.82, 2.24) is 5.32 Å². The minimum Gasteiger partial charge on any atom is -0.381 e. The number of rotatable bonds is 19. The van der Waals surface area contributed by atoms with E-state index in [2.05, 4.69) is 48.7 Å². The van der Waals surface area contributed by atoms with E-state index in [-0.39, 0.29) is 0 Å². The number of ether oxygens (including phenoxy) is 2. The molecule has 3 N–H and O–H groups in total. The summed E-state index contributed by atoms with van der Waals surface area (Å²) in [6, 6.07) is 0. The fourth-order valence-corrected chi connectivity index (χ4v) is 2.13. The van der Waals surface area contributed by atoms with E-state index in [0.717, 1.165) is 84.5 Å². The largest absolute Gasteiger partial charge is 0.381 e. The van der Waals surface area contributed by atoms with Gasteiger partial charge in [0.05, 0.1) is 0 Å². The Morgan fingerprint density at radius 2 is 1.28 bits per heavy atom. The molecule has 0 aliphatic carbocycles. The molecule has 0 saturated heterocycles. The Bertz CT molecular complexity index is 328. The highest BCUT2D eigenvalue weighted by molar-refractivity contribution is 4.90. The van der Waals surface area contributed by atoms with Gasteiger partial charge in [0.15, 0.2) is 0 Å². The van der Waals surface area contributed by atoms with Gasteiger partial charge in [-0.1, -0.05) is 36.5 Å². The van der Waals surface area contributed by atoms with E-state index in [1.807, 2.05) is 0 Å². The average Bonchev–Trinajstić information content (AvgIpc) is 2.63. The Kier molecular flexibility index (Phi) is 22.2. The molecule has 0 aromatic carbocycles. The summed E-state index contributed by atoms with van der Waals surface area (Å²) in [6.45, 7) is 7.85. The number of allylic oxidation sites excluding steroid dienone is 5. The van der Waals surface area contributed by atoms with Gasteiger partial charge in [-0.05, 0) is 65.0 Å². The topological polar surface area (TPSA) is 56.5 Å². The summed E-state index contributed by atoms with van der Waals surface area (Å²) in [5.41, 5.74) is 5.39. The van der Waals surface area contributed by atoms with E-state index >= 15 is 0 Å². The zero-order valence-corrected chi connectivity index (χ0v) is 16.3. The first kappa shape index (κ1) is 24.1. The van der Waals surface area contributed by atoms with Gasteiger partial charge in [0.25, 0.3) is 0 Å². The van der Waals surface area contributed by atoms with Crippen molar-refractivity contribution in [3.05, 3.63) is 36.5 Å². The molecule has 0 saturated carbocycles. The van der Waals surface area contributed by atoms with Gasteiger partial charge in [0.2, 0.25) is 0 Å². The highest BCUT2D eigenvalue weighted by Gasteiger charge is 1.91. The van der Waals surface area contributed by atoms with Crippen LogP contribution in [0.3, 0.4) is 0 Å². The SMILES string of the molecule is C/C=C/CC/C=C/CC/C=C/CNCCCOCCCOCCCN. The van der Waals surface area contributed by atoms with Gasteiger partial charge in [-0.3, -0.25) is 0 Å². The Morgan fingerprint density at radius 3 is 1.92 bits per heavy atom. The van der Waals surface area contributed by atoms with Crippen LogP contribution in [0.1, 0.15) is 51.9 Å². The molecule has 0 fully saturated rings. The van der Waals surface area contributed by atoms with Crippen LogP contribution in [-0.4, -0.2) is 46.1 Å². The minimum atomic E-state index is 0.701. The normalized spacial score (nSPS) is 12.2. The van der Waals surface area contributed by atoms with Crippen LogP contribution >= 0.6 is 0 Å². The first-order valence-electron chi connectivity index (χ1n) is 9.89. The van der Waals surface area contributed by atoms with Gasteiger partial charge in [-0.15, -0.1) is 0 Å². The average molecular weight is 353 g/mol. The van der Waals surface area contributed by atoms with Crippen molar-refractivity contribution in [2.75, 3.05) is 46.1 Å².